The van der Waals surface area contributed by atoms with Gasteiger partial charge >= 0.3 is 5.97 Å². The molecule has 1 atom stereocenters. The van der Waals surface area contributed by atoms with E-state index < -0.39 is 12.1 Å². The molecule has 0 bridgehead atoms. The van der Waals surface area contributed by atoms with Crippen LogP contribution in [0.25, 0.3) is 0 Å². The molecule has 21 heavy (non-hydrogen) atoms. The van der Waals surface area contributed by atoms with E-state index in [0.29, 0.717) is 11.4 Å². The Morgan fingerprint density at radius 3 is 2.48 bits per heavy atom. The van der Waals surface area contributed by atoms with E-state index in [2.05, 4.69) is 0 Å². The molecule has 1 aliphatic rings. The van der Waals surface area contributed by atoms with Gasteiger partial charge in [-0.15, -0.1) is 0 Å². The summed E-state index contributed by atoms with van der Waals surface area (Å²) >= 11 is 6.10. The standard InChI is InChI=1S/C17H23ClO3/c1-11-8-14(18)12(2)7-13(11)15(19)9-17(10-16(20)21)5-3-4-6-17/h7-8,15,19H,3-6,9-10H2,1-2H3,(H,20,21). The van der Waals surface area contributed by atoms with Crippen molar-refractivity contribution in [1.82, 2.24) is 0 Å². The quantitative estimate of drug-likeness (QED) is 0.846. The van der Waals surface area contributed by atoms with Crippen LogP contribution < -0.4 is 0 Å². The number of carbonyl (C=O) groups is 1. The molecule has 4 heteroatoms. The molecule has 0 radical (unpaired) electrons. The van der Waals surface area contributed by atoms with Crippen molar-refractivity contribution in [2.75, 3.05) is 0 Å². The molecule has 0 amide bonds. The third-order valence-electron chi connectivity index (χ3n) is 4.72. The molecule has 0 heterocycles. The summed E-state index contributed by atoms with van der Waals surface area (Å²) in [7, 11) is 0. The fourth-order valence-corrected chi connectivity index (χ4v) is 3.80. The number of aliphatic carboxylic acids is 1. The highest BCUT2D eigenvalue weighted by atomic mass is 35.5. The minimum atomic E-state index is -0.770. The van der Waals surface area contributed by atoms with Crippen LogP contribution in [0.4, 0.5) is 0 Å². The summed E-state index contributed by atoms with van der Waals surface area (Å²) in [5.41, 5.74) is 2.51. The maximum absolute atomic E-state index is 11.1. The van der Waals surface area contributed by atoms with E-state index in [0.717, 1.165) is 42.4 Å². The Morgan fingerprint density at radius 2 is 1.90 bits per heavy atom. The van der Waals surface area contributed by atoms with E-state index in [9.17, 15) is 9.90 Å². The zero-order valence-electron chi connectivity index (χ0n) is 12.7. The molecule has 1 aromatic rings. The van der Waals surface area contributed by atoms with E-state index in [-0.39, 0.29) is 11.8 Å². The van der Waals surface area contributed by atoms with Crippen molar-refractivity contribution in [3.05, 3.63) is 33.8 Å². The van der Waals surface area contributed by atoms with E-state index in [1.807, 2.05) is 26.0 Å². The van der Waals surface area contributed by atoms with Gasteiger partial charge < -0.3 is 10.2 Å². The number of aryl methyl sites for hydroxylation is 2. The minimum Gasteiger partial charge on any atom is -0.481 e. The summed E-state index contributed by atoms with van der Waals surface area (Å²) in [4.78, 5) is 11.1. The first-order valence-corrected chi connectivity index (χ1v) is 7.87. The highest BCUT2D eigenvalue weighted by Crippen LogP contribution is 2.47. The molecule has 1 fully saturated rings. The monoisotopic (exact) mass is 310 g/mol. The van der Waals surface area contributed by atoms with Gasteiger partial charge in [-0.05, 0) is 61.3 Å². The Morgan fingerprint density at radius 1 is 1.29 bits per heavy atom. The van der Waals surface area contributed by atoms with E-state index in [1.165, 1.54) is 0 Å². The fourth-order valence-electron chi connectivity index (χ4n) is 3.58. The topological polar surface area (TPSA) is 57.5 Å². The first-order chi connectivity index (χ1) is 9.83. The smallest absolute Gasteiger partial charge is 0.303 e. The van der Waals surface area contributed by atoms with Crippen LogP contribution in [0.2, 0.25) is 5.02 Å². The van der Waals surface area contributed by atoms with Gasteiger partial charge in [-0.1, -0.05) is 30.5 Å². The molecule has 0 spiro atoms. The highest BCUT2D eigenvalue weighted by molar-refractivity contribution is 6.31. The van der Waals surface area contributed by atoms with Crippen molar-refractivity contribution in [3.63, 3.8) is 0 Å². The first kappa shape index (κ1) is 16.3. The van der Waals surface area contributed by atoms with Crippen molar-refractivity contribution < 1.29 is 15.0 Å². The van der Waals surface area contributed by atoms with Crippen LogP contribution in [-0.2, 0) is 4.79 Å². The Bertz CT molecular complexity index is 533. The molecule has 2 N–H and O–H groups in total. The molecule has 1 saturated carbocycles. The molecule has 116 valence electrons. The normalized spacial score (nSPS) is 18.7. The number of rotatable bonds is 5. The van der Waals surface area contributed by atoms with Gasteiger partial charge in [0.25, 0.3) is 0 Å². The second-order valence-corrected chi connectivity index (χ2v) is 6.86. The van der Waals surface area contributed by atoms with E-state index >= 15 is 0 Å². The number of carboxylic acid groups (broad SMARTS) is 1. The number of benzene rings is 1. The molecule has 2 rings (SSSR count). The largest absolute Gasteiger partial charge is 0.481 e. The summed E-state index contributed by atoms with van der Waals surface area (Å²) in [6.45, 7) is 3.85. The third-order valence-corrected chi connectivity index (χ3v) is 5.13. The van der Waals surface area contributed by atoms with E-state index in [1.54, 1.807) is 0 Å². The summed E-state index contributed by atoms with van der Waals surface area (Å²) in [6.07, 6.45) is 3.93. The SMILES string of the molecule is Cc1cc(C(O)CC2(CC(=O)O)CCCC2)c(C)cc1Cl. The minimum absolute atomic E-state index is 0.148. The Hall–Kier alpha value is -1.06. The lowest BCUT2D eigenvalue weighted by atomic mass is 9.76. The molecular weight excluding hydrogens is 288 g/mol. The van der Waals surface area contributed by atoms with Crippen LogP contribution in [0.5, 0.6) is 0 Å². The zero-order valence-corrected chi connectivity index (χ0v) is 13.4. The Balaban J connectivity index is 2.21. The average Bonchev–Trinajstić information content (AvgIpc) is 2.80. The molecule has 1 unspecified atom stereocenters. The maximum atomic E-state index is 11.1. The van der Waals surface area contributed by atoms with Crippen LogP contribution in [0.3, 0.4) is 0 Å². The second kappa shape index (κ2) is 6.37. The van der Waals surface area contributed by atoms with Gasteiger partial charge in [0.15, 0.2) is 0 Å². The predicted molar refractivity (Wildman–Crippen MR) is 83.7 cm³/mol. The van der Waals surface area contributed by atoms with Gasteiger partial charge in [-0.25, -0.2) is 0 Å². The number of aliphatic hydroxyl groups is 1. The predicted octanol–water partition coefficient (Wildman–Crippen LogP) is 4.42. The van der Waals surface area contributed by atoms with E-state index in [4.69, 9.17) is 16.7 Å². The Kier molecular flexibility index (Phi) is 4.95. The number of halogens is 1. The van der Waals surface area contributed by atoms with Crippen LogP contribution in [-0.4, -0.2) is 16.2 Å². The average molecular weight is 311 g/mol. The molecule has 1 aliphatic carbocycles. The molecule has 1 aromatic carbocycles. The first-order valence-electron chi connectivity index (χ1n) is 7.49. The van der Waals surface area contributed by atoms with Crippen molar-refractivity contribution in [3.8, 4) is 0 Å². The number of hydrogen-bond donors (Lipinski definition) is 2. The van der Waals surface area contributed by atoms with Crippen LogP contribution in [0.15, 0.2) is 12.1 Å². The van der Waals surface area contributed by atoms with Crippen molar-refractivity contribution in [2.45, 2.75) is 58.5 Å². The summed E-state index contributed by atoms with van der Waals surface area (Å²) in [6, 6.07) is 3.79. The molecule has 0 aliphatic heterocycles. The Labute approximate surface area is 130 Å². The van der Waals surface area contributed by atoms with Gasteiger partial charge in [0, 0.05) is 5.02 Å². The maximum Gasteiger partial charge on any atom is 0.303 e. The van der Waals surface area contributed by atoms with Gasteiger partial charge in [0.1, 0.15) is 0 Å². The summed E-state index contributed by atoms with van der Waals surface area (Å²) in [5, 5.41) is 20.5. The fraction of sp³-hybridized carbons (Fsp3) is 0.588. The summed E-state index contributed by atoms with van der Waals surface area (Å²) < 4.78 is 0. The molecule has 3 nitrogen and oxygen atoms in total. The lowest BCUT2D eigenvalue weighted by Gasteiger charge is -2.30. The lowest BCUT2D eigenvalue weighted by molar-refractivity contribution is -0.140. The summed E-state index contributed by atoms with van der Waals surface area (Å²) in [5.74, 6) is -0.770. The number of carboxylic acids is 1. The zero-order chi connectivity index (χ0) is 15.6. The van der Waals surface area contributed by atoms with Gasteiger partial charge in [-0.3, -0.25) is 4.79 Å². The third kappa shape index (κ3) is 3.78. The van der Waals surface area contributed by atoms with Crippen LogP contribution in [0.1, 0.15) is 61.3 Å². The highest BCUT2D eigenvalue weighted by Gasteiger charge is 2.38. The van der Waals surface area contributed by atoms with Gasteiger partial charge in [0.2, 0.25) is 0 Å². The molecule has 0 saturated heterocycles. The molecule has 0 aromatic heterocycles. The number of hydrogen-bond acceptors (Lipinski definition) is 2. The van der Waals surface area contributed by atoms with Gasteiger partial charge in [0.05, 0.1) is 12.5 Å². The second-order valence-electron chi connectivity index (χ2n) is 6.46. The number of aliphatic hydroxyl groups excluding tert-OH is 1. The van der Waals surface area contributed by atoms with Crippen molar-refractivity contribution in [2.24, 2.45) is 5.41 Å². The van der Waals surface area contributed by atoms with Crippen molar-refractivity contribution in [1.29, 1.82) is 0 Å². The lowest BCUT2D eigenvalue weighted by Crippen LogP contribution is -2.24. The molecular formula is C17H23ClO3. The van der Waals surface area contributed by atoms with Crippen molar-refractivity contribution >= 4 is 17.6 Å². The van der Waals surface area contributed by atoms with Gasteiger partial charge in [-0.2, -0.15) is 0 Å². The van der Waals surface area contributed by atoms with Crippen LogP contribution in [0, 0.1) is 19.3 Å². The van der Waals surface area contributed by atoms with Crippen LogP contribution >= 0.6 is 11.6 Å².